The molecule has 2 heterocycles. The molecule has 1 N–H and O–H groups in total. The lowest BCUT2D eigenvalue weighted by Gasteiger charge is -2.20. The van der Waals surface area contributed by atoms with Crippen molar-refractivity contribution in [2.75, 3.05) is 23.9 Å². The standard InChI is InChI=1S/C20H18ClN5O4/c1-11-3-8-15(14(21)9-11)22-16(27)10-25-18-17(23-24-25)19(28)26(20(18)29)12-4-6-13(30-2)7-5-12/h3-9,17-18H,10H2,1-2H3,(H,22,27)/t17-,18+/m0/s1. The molecule has 154 valence electrons. The van der Waals surface area contributed by atoms with Gasteiger partial charge in [-0.2, -0.15) is 5.11 Å². The third-order valence-corrected chi connectivity index (χ3v) is 5.21. The molecule has 1 fully saturated rings. The van der Waals surface area contributed by atoms with Crippen LogP contribution in [0.1, 0.15) is 5.56 Å². The Hall–Kier alpha value is -3.46. The van der Waals surface area contributed by atoms with E-state index in [2.05, 4.69) is 15.7 Å². The van der Waals surface area contributed by atoms with Crippen molar-refractivity contribution in [2.24, 2.45) is 10.3 Å². The highest BCUT2D eigenvalue weighted by Gasteiger charge is 2.55. The van der Waals surface area contributed by atoms with Crippen LogP contribution in [0.25, 0.3) is 0 Å². The Morgan fingerprint density at radius 2 is 1.90 bits per heavy atom. The maximum Gasteiger partial charge on any atom is 0.263 e. The fraction of sp³-hybridized carbons (Fsp3) is 0.250. The van der Waals surface area contributed by atoms with Gasteiger partial charge in [0.05, 0.1) is 23.5 Å². The fourth-order valence-electron chi connectivity index (χ4n) is 3.40. The van der Waals surface area contributed by atoms with E-state index in [1.54, 1.807) is 36.4 Å². The monoisotopic (exact) mass is 427 g/mol. The van der Waals surface area contributed by atoms with Crippen molar-refractivity contribution in [2.45, 2.75) is 19.0 Å². The van der Waals surface area contributed by atoms with E-state index in [1.165, 1.54) is 12.1 Å². The van der Waals surface area contributed by atoms with Crippen molar-refractivity contribution in [3.05, 3.63) is 53.1 Å². The van der Waals surface area contributed by atoms with Crippen molar-refractivity contribution in [3.8, 4) is 5.75 Å². The van der Waals surface area contributed by atoms with E-state index < -0.39 is 29.8 Å². The highest BCUT2D eigenvalue weighted by molar-refractivity contribution is 6.33. The molecule has 2 aliphatic heterocycles. The number of nitrogens with zero attached hydrogens (tertiary/aromatic N) is 4. The van der Waals surface area contributed by atoms with Crippen LogP contribution in [-0.4, -0.2) is 48.5 Å². The highest BCUT2D eigenvalue weighted by atomic mass is 35.5. The molecule has 9 nitrogen and oxygen atoms in total. The van der Waals surface area contributed by atoms with Gasteiger partial charge in [0.1, 0.15) is 12.3 Å². The van der Waals surface area contributed by atoms with Crippen LogP contribution in [0, 0.1) is 6.92 Å². The Bertz CT molecular complexity index is 1060. The number of imide groups is 1. The first-order valence-electron chi connectivity index (χ1n) is 9.14. The van der Waals surface area contributed by atoms with E-state index in [1.807, 2.05) is 13.0 Å². The number of amides is 3. The summed E-state index contributed by atoms with van der Waals surface area (Å²) >= 11 is 6.15. The Labute approximate surface area is 177 Å². The molecule has 0 bridgehead atoms. The van der Waals surface area contributed by atoms with E-state index in [9.17, 15) is 14.4 Å². The van der Waals surface area contributed by atoms with Crippen LogP contribution in [0.15, 0.2) is 52.8 Å². The lowest BCUT2D eigenvalue weighted by atomic mass is 10.1. The number of fused-ring (bicyclic) bond motifs is 1. The maximum atomic E-state index is 13.0. The van der Waals surface area contributed by atoms with Crippen LogP contribution in [0.3, 0.4) is 0 Å². The number of rotatable bonds is 5. The third kappa shape index (κ3) is 3.48. The summed E-state index contributed by atoms with van der Waals surface area (Å²) in [5.41, 5.74) is 1.82. The molecule has 2 aromatic rings. The van der Waals surface area contributed by atoms with Crippen LogP contribution in [-0.2, 0) is 14.4 Å². The minimum atomic E-state index is -0.977. The van der Waals surface area contributed by atoms with E-state index in [-0.39, 0.29) is 6.54 Å². The van der Waals surface area contributed by atoms with Crippen molar-refractivity contribution < 1.29 is 19.1 Å². The number of hydrogen-bond donors (Lipinski definition) is 1. The summed E-state index contributed by atoms with van der Waals surface area (Å²) in [5.74, 6) is -0.793. The normalized spacial score (nSPS) is 20.0. The summed E-state index contributed by atoms with van der Waals surface area (Å²) in [7, 11) is 1.53. The summed E-state index contributed by atoms with van der Waals surface area (Å²) in [5, 5.41) is 12.1. The zero-order chi connectivity index (χ0) is 21.4. The van der Waals surface area contributed by atoms with Crippen molar-refractivity contribution in [1.29, 1.82) is 0 Å². The minimum absolute atomic E-state index is 0.246. The summed E-state index contributed by atoms with van der Waals surface area (Å²) in [6.07, 6.45) is 0. The van der Waals surface area contributed by atoms with E-state index in [0.717, 1.165) is 10.5 Å². The SMILES string of the molecule is COc1ccc(N2C(=O)[C@H]3N=NN(CC(=O)Nc4ccc(C)cc4Cl)[C@H]3C2=O)cc1. The molecule has 3 amide bonds. The molecule has 0 spiro atoms. The summed E-state index contributed by atoms with van der Waals surface area (Å²) in [6.45, 7) is 1.64. The number of hydrogen-bond acceptors (Lipinski definition) is 7. The quantitative estimate of drug-likeness (QED) is 0.738. The second kappa shape index (κ2) is 7.75. The average molecular weight is 428 g/mol. The fourth-order valence-corrected chi connectivity index (χ4v) is 3.68. The lowest BCUT2D eigenvalue weighted by Crippen LogP contribution is -2.43. The van der Waals surface area contributed by atoms with Crippen LogP contribution < -0.4 is 15.0 Å². The highest BCUT2D eigenvalue weighted by Crippen LogP contribution is 2.32. The van der Waals surface area contributed by atoms with E-state index in [4.69, 9.17) is 16.3 Å². The number of ether oxygens (including phenoxy) is 1. The number of anilines is 2. The van der Waals surface area contributed by atoms with Gasteiger partial charge in [0.15, 0.2) is 12.1 Å². The smallest absolute Gasteiger partial charge is 0.263 e. The van der Waals surface area contributed by atoms with Crippen molar-refractivity contribution >= 4 is 40.7 Å². The van der Waals surface area contributed by atoms with Gasteiger partial charge in [-0.15, -0.1) is 0 Å². The van der Waals surface area contributed by atoms with Gasteiger partial charge in [-0.3, -0.25) is 19.4 Å². The topological polar surface area (TPSA) is 104 Å². The minimum Gasteiger partial charge on any atom is -0.497 e. The van der Waals surface area contributed by atoms with Crippen LogP contribution in [0.5, 0.6) is 5.75 Å². The number of methoxy groups -OCH3 is 1. The Morgan fingerprint density at radius 1 is 1.17 bits per heavy atom. The van der Waals surface area contributed by atoms with Gasteiger partial charge in [0.25, 0.3) is 11.8 Å². The van der Waals surface area contributed by atoms with E-state index >= 15 is 0 Å². The van der Waals surface area contributed by atoms with Crippen LogP contribution in [0.2, 0.25) is 5.02 Å². The first-order chi connectivity index (χ1) is 14.4. The number of benzene rings is 2. The first-order valence-corrected chi connectivity index (χ1v) is 9.52. The molecule has 0 aromatic heterocycles. The number of nitrogens with one attached hydrogen (secondary N) is 1. The third-order valence-electron chi connectivity index (χ3n) is 4.89. The van der Waals surface area contributed by atoms with Gasteiger partial charge < -0.3 is 10.1 Å². The zero-order valence-electron chi connectivity index (χ0n) is 16.2. The van der Waals surface area contributed by atoms with Gasteiger partial charge in [0, 0.05) is 0 Å². The van der Waals surface area contributed by atoms with E-state index in [0.29, 0.717) is 22.1 Å². The second-order valence-electron chi connectivity index (χ2n) is 6.93. The van der Waals surface area contributed by atoms with Gasteiger partial charge >= 0.3 is 0 Å². The van der Waals surface area contributed by atoms with Crippen molar-refractivity contribution in [1.82, 2.24) is 5.01 Å². The molecular formula is C20H18ClN5O4. The molecule has 0 aliphatic carbocycles. The summed E-state index contributed by atoms with van der Waals surface area (Å²) in [6, 6.07) is 9.85. The molecule has 2 aromatic carbocycles. The molecule has 0 radical (unpaired) electrons. The summed E-state index contributed by atoms with van der Waals surface area (Å²) in [4.78, 5) is 39.2. The molecule has 10 heteroatoms. The number of aryl methyl sites for hydroxylation is 1. The number of carbonyl (C=O) groups is 3. The average Bonchev–Trinajstić information content (AvgIpc) is 3.24. The second-order valence-corrected chi connectivity index (χ2v) is 7.34. The predicted octanol–water partition coefficient (Wildman–Crippen LogP) is 2.59. The number of halogens is 1. The summed E-state index contributed by atoms with van der Waals surface area (Å²) < 4.78 is 5.10. The van der Waals surface area contributed by atoms with Crippen molar-refractivity contribution in [3.63, 3.8) is 0 Å². The van der Waals surface area contributed by atoms with Gasteiger partial charge in [-0.05, 0) is 48.9 Å². The molecule has 2 aliphatic rings. The molecule has 2 atom stereocenters. The van der Waals surface area contributed by atoms with Gasteiger partial charge in [0.2, 0.25) is 5.91 Å². The molecule has 0 unspecified atom stereocenters. The molecule has 0 saturated carbocycles. The Kier molecular flexibility index (Phi) is 5.13. The first kappa shape index (κ1) is 19.8. The largest absolute Gasteiger partial charge is 0.497 e. The van der Waals surface area contributed by atoms with Gasteiger partial charge in [-0.1, -0.05) is 22.9 Å². The Morgan fingerprint density at radius 3 is 2.57 bits per heavy atom. The zero-order valence-corrected chi connectivity index (χ0v) is 17.0. The molecule has 1 saturated heterocycles. The Balaban J connectivity index is 1.48. The lowest BCUT2D eigenvalue weighted by molar-refractivity contribution is -0.123. The predicted molar refractivity (Wildman–Crippen MR) is 109 cm³/mol. The maximum absolute atomic E-state index is 13.0. The molecule has 4 rings (SSSR count). The van der Waals surface area contributed by atoms with Gasteiger partial charge in [-0.25, -0.2) is 4.90 Å². The number of carbonyl (C=O) groups excluding carboxylic acids is 3. The van der Waals surface area contributed by atoms with Crippen LogP contribution in [0.4, 0.5) is 11.4 Å². The molecule has 30 heavy (non-hydrogen) atoms. The van der Waals surface area contributed by atoms with Crippen LogP contribution >= 0.6 is 11.6 Å². The molecular weight excluding hydrogens is 410 g/mol.